The van der Waals surface area contributed by atoms with Crippen molar-refractivity contribution in [2.24, 2.45) is 11.5 Å². The van der Waals surface area contributed by atoms with Crippen LogP contribution in [-0.2, 0) is 33.3 Å². The number of primary amides is 2. The zero-order chi connectivity index (χ0) is 17.9. The van der Waals surface area contributed by atoms with E-state index in [1.165, 1.54) is 0 Å². The van der Waals surface area contributed by atoms with Crippen LogP contribution in [0.3, 0.4) is 0 Å². The van der Waals surface area contributed by atoms with Crippen LogP contribution in [0.1, 0.15) is 19.3 Å². The predicted octanol–water partition coefficient (Wildman–Crippen LogP) is -0.790. The normalized spacial score (nSPS) is 10.8. The molecule has 0 atom stereocenters. The average Bonchev–Trinajstić information content (AvgIpc) is 2.53. The molecule has 24 heavy (non-hydrogen) atoms. The Morgan fingerprint density at radius 3 is 1.29 bits per heavy atom. The lowest BCUT2D eigenvalue weighted by Crippen LogP contribution is -2.20. The van der Waals surface area contributed by atoms with Gasteiger partial charge in [0.1, 0.15) is 13.2 Å². The van der Waals surface area contributed by atoms with Crippen LogP contribution in [0.15, 0.2) is 0 Å². The van der Waals surface area contributed by atoms with E-state index in [4.69, 9.17) is 35.2 Å². The third kappa shape index (κ3) is 20.7. The molecule has 0 aliphatic heterocycles. The molecule has 0 fully saturated rings. The van der Waals surface area contributed by atoms with Crippen LogP contribution in [0.5, 0.6) is 0 Å². The molecule has 142 valence electrons. The zero-order valence-corrected chi connectivity index (χ0v) is 14.2. The van der Waals surface area contributed by atoms with Crippen LogP contribution in [0.25, 0.3) is 0 Å². The average molecular weight is 350 g/mol. The Balaban J connectivity index is 3.00. The summed E-state index contributed by atoms with van der Waals surface area (Å²) in [5.74, 6) is -0.935. The molecule has 0 bridgehead atoms. The van der Waals surface area contributed by atoms with E-state index in [1.54, 1.807) is 0 Å². The number of amides is 2. The van der Waals surface area contributed by atoms with Gasteiger partial charge in [-0.3, -0.25) is 9.59 Å². The van der Waals surface area contributed by atoms with Gasteiger partial charge in [0.15, 0.2) is 0 Å². The maximum atomic E-state index is 10.4. The number of unbranched alkanes of at least 4 members (excludes halogenated alkanes) is 2. The topological polar surface area (TPSA) is 132 Å². The van der Waals surface area contributed by atoms with Crippen molar-refractivity contribution < 1.29 is 33.3 Å². The number of nitrogens with two attached hydrogens (primary N) is 2. The van der Waals surface area contributed by atoms with E-state index < -0.39 is 11.8 Å². The second kappa shape index (κ2) is 18.1. The lowest BCUT2D eigenvalue weighted by molar-refractivity contribution is -0.123. The van der Waals surface area contributed by atoms with Gasteiger partial charge in [0, 0.05) is 13.2 Å². The highest BCUT2D eigenvalue weighted by Gasteiger charge is 1.96. The fraction of sp³-hybridized carbons (Fsp3) is 0.867. The van der Waals surface area contributed by atoms with Gasteiger partial charge in [-0.25, -0.2) is 0 Å². The van der Waals surface area contributed by atoms with E-state index in [0.717, 1.165) is 19.3 Å². The Labute approximate surface area is 142 Å². The molecule has 2 amide bonds. The van der Waals surface area contributed by atoms with Gasteiger partial charge in [-0.05, 0) is 19.3 Å². The standard InChI is InChI=1S/C15H30N2O7/c16-14(18)12-23-5-3-1-2-4-20-6-7-21-8-9-22-10-11-24-13-15(17)19/h1-13H2,(H2,16,18)(H2,17,19). The molecule has 0 saturated heterocycles. The Morgan fingerprint density at radius 2 is 0.833 bits per heavy atom. The van der Waals surface area contributed by atoms with Gasteiger partial charge in [-0.15, -0.1) is 0 Å². The van der Waals surface area contributed by atoms with Crippen molar-refractivity contribution in [3.8, 4) is 0 Å². The van der Waals surface area contributed by atoms with Crippen LogP contribution >= 0.6 is 0 Å². The fourth-order valence-electron chi connectivity index (χ4n) is 1.59. The van der Waals surface area contributed by atoms with Crippen LogP contribution < -0.4 is 11.5 Å². The number of carbonyl (C=O) groups is 2. The van der Waals surface area contributed by atoms with Crippen molar-refractivity contribution >= 4 is 11.8 Å². The summed E-state index contributed by atoms with van der Waals surface area (Å²) in [5, 5.41) is 0. The number of rotatable bonds is 19. The quantitative estimate of drug-likeness (QED) is 0.292. The highest BCUT2D eigenvalue weighted by molar-refractivity contribution is 5.75. The second-order valence-electron chi connectivity index (χ2n) is 4.94. The van der Waals surface area contributed by atoms with E-state index in [-0.39, 0.29) is 13.2 Å². The van der Waals surface area contributed by atoms with Gasteiger partial charge in [-0.2, -0.15) is 0 Å². The van der Waals surface area contributed by atoms with Gasteiger partial charge in [-0.1, -0.05) is 0 Å². The number of hydrogen-bond donors (Lipinski definition) is 2. The molecule has 0 aromatic heterocycles. The molecule has 0 rings (SSSR count). The molecular weight excluding hydrogens is 320 g/mol. The van der Waals surface area contributed by atoms with Gasteiger partial charge in [0.05, 0.1) is 39.6 Å². The first-order valence-electron chi connectivity index (χ1n) is 8.08. The van der Waals surface area contributed by atoms with Crippen LogP contribution in [0.4, 0.5) is 0 Å². The molecule has 0 radical (unpaired) electrons. The Morgan fingerprint density at radius 1 is 0.500 bits per heavy atom. The molecule has 0 aliphatic carbocycles. The molecule has 0 aromatic carbocycles. The van der Waals surface area contributed by atoms with E-state index >= 15 is 0 Å². The summed E-state index contributed by atoms with van der Waals surface area (Å²) in [6, 6.07) is 0. The lowest BCUT2D eigenvalue weighted by Gasteiger charge is -2.07. The molecule has 9 heteroatoms. The summed E-state index contributed by atoms with van der Waals surface area (Å²) < 4.78 is 26.0. The summed E-state index contributed by atoms with van der Waals surface area (Å²) in [4.78, 5) is 20.8. The van der Waals surface area contributed by atoms with Crippen molar-refractivity contribution in [1.82, 2.24) is 0 Å². The molecule has 0 aromatic rings. The van der Waals surface area contributed by atoms with Crippen molar-refractivity contribution in [2.75, 3.05) is 66.1 Å². The summed E-state index contributed by atoms with van der Waals surface area (Å²) >= 11 is 0. The molecular formula is C15H30N2O7. The van der Waals surface area contributed by atoms with Gasteiger partial charge < -0.3 is 35.2 Å². The number of ether oxygens (including phenoxy) is 5. The van der Waals surface area contributed by atoms with E-state index in [9.17, 15) is 9.59 Å². The van der Waals surface area contributed by atoms with Crippen LogP contribution in [0.2, 0.25) is 0 Å². The largest absolute Gasteiger partial charge is 0.379 e. The van der Waals surface area contributed by atoms with Gasteiger partial charge >= 0.3 is 0 Å². The first-order valence-corrected chi connectivity index (χ1v) is 8.08. The Kier molecular flexibility index (Phi) is 17.1. The maximum Gasteiger partial charge on any atom is 0.243 e. The highest BCUT2D eigenvalue weighted by atomic mass is 16.6. The monoisotopic (exact) mass is 350 g/mol. The van der Waals surface area contributed by atoms with E-state index in [1.807, 2.05) is 0 Å². The molecule has 4 N–H and O–H groups in total. The Hall–Kier alpha value is -1.26. The zero-order valence-electron chi connectivity index (χ0n) is 14.2. The molecule has 0 spiro atoms. The predicted molar refractivity (Wildman–Crippen MR) is 86.3 cm³/mol. The molecule has 0 saturated carbocycles. The molecule has 0 aliphatic rings. The molecule has 0 unspecified atom stereocenters. The number of carbonyl (C=O) groups excluding carboxylic acids is 2. The van der Waals surface area contributed by atoms with Crippen molar-refractivity contribution in [3.05, 3.63) is 0 Å². The van der Waals surface area contributed by atoms with Crippen molar-refractivity contribution in [2.45, 2.75) is 19.3 Å². The van der Waals surface area contributed by atoms with Crippen LogP contribution in [-0.4, -0.2) is 77.9 Å². The SMILES string of the molecule is NC(=O)COCCCCCOCCOCCOCCOCC(N)=O. The minimum atomic E-state index is -0.491. The smallest absolute Gasteiger partial charge is 0.243 e. The summed E-state index contributed by atoms with van der Waals surface area (Å²) in [6.45, 7) is 3.85. The first-order chi connectivity index (χ1) is 11.6. The lowest BCUT2D eigenvalue weighted by atomic mass is 10.2. The first kappa shape index (κ1) is 22.7. The highest BCUT2D eigenvalue weighted by Crippen LogP contribution is 1.96. The third-order valence-corrected chi connectivity index (χ3v) is 2.68. The minimum absolute atomic E-state index is 0.0159. The van der Waals surface area contributed by atoms with Crippen molar-refractivity contribution in [1.29, 1.82) is 0 Å². The molecule has 0 heterocycles. The maximum absolute atomic E-state index is 10.4. The van der Waals surface area contributed by atoms with Crippen molar-refractivity contribution in [3.63, 3.8) is 0 Å². The van der Waals surface area contributed by atoms with Gasteiger partial charge in [0.25, 0.3) is 0 Å². The third-order valence-electron chi connectivity index (χ3n) is 2.68. The van der Waals surface area contributed by atoms with Crippen LogP contribution in [0, 0.1) is 0 Å². The Bertz CT molecular complexity index is 286. The fourth-order valence-corrected chi connectivity index (χ4v) is 1.59. The summed E-state index contributed by atoms with van der Waals surface area (Å²) in [7, 11) is 0. The van der Waals surface area contributed by atoms with E-state index in [0.29, 0.717) is 52.9 Å². The summed E-state index contributed by atoms with van der Waals surface area (Å²) in [5.41, 5.74) is 9.86. The van der Waals surface area contributed by atoms with E-state index in [2.05, 4.69) is 0 Å². The summed E-state index contributed by atoms with van der Waals surface area (Å²) in [6.07, 6.45) is 2.80. The second-order valence-corrected chi connectivity index (χ2v) is 4.94. The minimum Gasteiger partial charge on any atom is -0.379 e. The number of hydrogen-bond acceptors (Lipinski definition) is 7. The molecule has 9 nitrogen and oxygen atoms in total. The van der Waals surface area contributed by atoms with Gasteiger partial charge in [0.2, 0.25) is 11.8 Å².